The highest BCUT2D eigenvalue weighted by atomic mass is 16.5. The van der Waals surface area contributed by atoms with E-state index in [9.17, 15) is 9.59 Å². The van der Waals surface area contributed by atoms with E-state index in [1.54, 1.807) is 38.4 Å². The molecule has 0 fully saturated rings. The molecule has 0 heterocycles. The second-order valence-corrected chi connectivity index (χ2v) is 4.39. The highest BCUT2D eigenvalue weighted by Crippen LogP contribution is 2.14. The van der Waals surface area contributed by atoms with Crippen molar-refractivity contribution in [2.24, 2.45) is 0 Å². The van der Waals surface area contributed by atoms with Gasteiger partial charge >= 0.3 is 0 Å². The summed E-state index contributed by atoms with van der Waals surface area (Å²) in [6.45, 7) is 0. The molecule has 4 heteroatoms. The van der Waals surface area contributed by atoms with Crippen molar-refractivity contribution >= 4 is 11.7 Å². The fraction of sp³-hybridized carbons (Fsp3) is 0.467. The minimum absolute atomic E-state index is 0.0569. The normalized spacial score (nSPS) is 10.0. The molecule has 0 bridgehead atoms. The Labute approximate surface area is 114 Å². The van der Waals surface area contributed by atoms with Gasteiger partial charge in [-0.15, -0.1) is 0 Å². The van der Waals surface area contributed by atoms with Gasteiger partial charge in [0.25, 0.3) is 0 Å². The standard InChI is InChI=1S/C15H21NO3/c1-16-15(18)7-5-3-4-6-14(17)12-8-10-13(19-2)11-9-12/h8-11H,3-7H2,1-2H3,(H,16,18). The summed E-state index contributed by atoms with van der Waals surface area (Å²) in [6, 6.07) is 7.15. The maximum absolute atomic E-state index is 11.9. The number of carbonyl (C=O) groups excluding carboxylic acids is 2. The van der Waals surface area contributed by atoms with Gasteiger partial charge in [0.1, 0.15) is 5.75 Å². The summed E-state index contributed by atoms with van der Waals surface area (Å²) in [5, 5.41) is 2.58. The van der Waals surface area contributed by atoms with Crippen LogP contribution in [0.3, 0.4) is 0 Å². The lowest BCUT2D eigenvalue weighted by Crippen LogP contribution is -2.16. The van der Waals surface area contributed by atoms with Gasteiger partial charge in [-0.05, 0) is 37.1 Å². The van der Waals surface area contributed by atoms with Crippen molar-refractivity contribution in [3.05, 3.63) is 29.8 Å². The topological polar surface area (TPSA) is 55.4 Å². The number of ketones is 1. The number of unbranched alkanes of at least 4 members (excludes halogenated alkanes) is 2. The Morgan fingerprint density at radius 1 is 1.05 bits per heavy atom. The zero-order valence-corrected chi connectivity index (χ0v) is 11.6. The second-order valence-electron chi connectivity index (χ2n) is 4.39. The molecule has 104 valence electrons. The van der Waals surface area contributed by atoms with Gasteiger partial charge in [-0.3, -0.25) is 9.59 Å². The molecular formula is C15H21NO3. The van der Waals surface area contributed by atoms with E-state index in [2.05, 4.69) is 5.32 Å². The maximum Gasteiger partial charge on any atom is 0.219 e. The average Bonchev–Trinajstić information content (AvgIpc) is 2.46. The molecule has 0 aliphatic carbocycles. The quantitative estimate of drug-likeness (QED) is 0.579. The summed E-state index contributed by atoms with van der Waals surface area (Å²) in [5.41, 5.74) is 0.715. The number of Topliss-reactive ketones (excluding diaryl/α,β-unsaturated/α-hetero) is 1. The first-order chi connectivity index (χ1) is 9.17. The first kappa shape index (κ1) is 15.2. The van der Waals surface area contributed by atoms with Crippen LogP contribution in [0.1, 0.15) is 42.5 Å². The number of carbonyl (C=O) groups is 2. The van der Waals surface area contributed by atoms with Crippen molar-refractivity contribution in [1.29, 1.82) is 0 Å². The van der Waals surface area contributed by atoms with E-state index in [1.165, 1.54) is 0 Å². The Balaban J connectivity index is 2.25. The first-order valence-electron chi connectivity index (χ1n) is 6.55. The van der Waals surface area contributed by atoms with Gasteiger partial charge in [0.15, 0.2) is 5.78 Å². The molecule has 0 atom stereocenters. The zero-order valence-electron chi connectivity index (χ0n) is 11.6. The average molecular weight is 263 g/mol. The molecular weight excluding hydrogens is 242 g/mol. The SMILES string of the molecule is CNC(=O)CCCCCC(=O)c1ccc(OC)cc1. The lowest BCUT2D eigenvalue weighted by atomic mass is 10.0. The van der Waals surface area contributed by atoms with E-state index in [1.807, 2.05) is 0 Å². The van der Waals surface area contributed by atoms with Gasteiger partial charge in [0.05, 0.1) is 7.11 Å². The van der Waals surface area contributed by atoms with Crippen LogP contribution in [0.15, 0.2) is 24.3 Å². The van der Waals surface area contributed by atoms with E-state index in [0.29, 0.717) is 18.4 Å². The van der Waals surface area contributed by atoms with Gasteiger partial charge in [0, 0.05) is 25.5 Å². The van der Waals surface area contributed by atoms with Crippen LogP contribution in [0, 0.1) is 0 Å². The van der Waals surface area contributed by atoms with Gasteiger partial charge in [-0.25, -0.2) is 0 Å². The lowest BCUT2D eigenvalue weighted by Gasteiger charge is -2.03. The summed E-state index contributed by atoms with van der Waals surface area (Å²) in [6.07, 6.45) is 3.61. The van der Waals surface area contributed by atoms with Crippen LogP contribution < -0.4 is 10.1 Å². The maximum atomic E-state index is 11.9. The Bertz CT molecular complexity index is 412. The molecule has 0 unspecified atom stereocenters. The highest BCUT2D eigenvalue weighted by Gasteiger charge is 2.06. The second kappa shape index (κ2) is 8.29. The number of hydrogen-bond donors (Lipinski definition) is 1. The number of benzene rings is 1. The van der Waals surface area contributed by atoms with Crippen LogP contribution in [-0.2, 0) is 4.79 Å². The molecule has 0 spiro atoms. The van der Waals surface area contributed by atoms with Crippen molar-refractivity contribution in [2.75, 3.05) is 14.2 Å². The minimum Gasteiger partial charge on any atom is -0.497 e. The Hall–Kier alpha value is -1.84. The summed E-state index contributed by atoms with van der Waals surface area (Å²) in [4.78, 5) is 22.9. The van der Waals surface area contributed by atoms with Gasteiger partial charge in [-0.2, -0.15) is 0 Å². The summed E-state index contributed by atoms with van der Waals surface area (Å²) in [7, 11) is 3.23. The van der Waals surface area contributed by atoms with E-state index >= 15 is 0 Å². The fourth-order valence-corrected chi connectivity index (χ4v) is 1.79. The number of amides is 1. The predicted octanol–water partition coefficient (Wildman–Crippen LogP) is 2.57. The number of hydrogen-bond acceptors (Lipinski definition) is 3. The number of nitrogens with one attached hydrogen (secondary N) is 1. The molecule has 0 saturated carbocycles. The third-order valence-electron chi connectivity index (χ3n) is 3.00. The first-order valence-corrected chi connectivity index (χ1v) is 6.55. The van der Waals surface area contributed by atoms with Crippen LogP contribution in [0.4, 0.5) is 0 Å². The molecule has 0 aromatic heterocycles. The van der Waals surface area contributed by atoms with Gasteiger partial charge in [0.2, 0.25) is 5.91 Å². The van der Waals surface area contributed by atoms with Crippen LogP contribution >= 0.6 is 0 Å². The highest BCUT2D eigenvalue weighted by molar-refractivity contribution is 5.96. The van der Waals surface area contributed by atoms with Crippen LogP contribution in [0.25, 0.3) is 0 Å². The van der Waals surface area contributed by atoms with Crippen molar-refractivity contribution < 1.29 is 14.3 Å². The Kier molecular flexibility index (Phi) is 6.64. The van der Waals surface area contributed by atoms with Crippen LogP contribution in [0.2, 0.25) is 0 Å². The summed E-state index contributed by atoms with van der Waals surface area (Å²) in [5.74, 6) is 0.950. The molecule has 1 aromatic rings. The molecule has 0 saturated heterocycles. The lowest BCUT2D eigenvalue weighted by molar-refractivity contribution is -0.120. The molecule has 0 aliphatic heterocycles. The summed E-state index contributed by atoms with van der Waals surface area (Å²) < 4.78 is 5.05. The van der Waals surface area contributed by atoms with Crippen LogP contribution in [0.5, 0.6) is 5.75 Å². The van der Waals surface area contributed by atoms with Crippen molar-refractivity contribution in [1.82, 2.24) is 5.32 Å². The zero-order chi connectivity index (χ0) is 14.1. The largest absolute Gasteiger partial charge is 0.497 e. The van der Waals surface area contributed by atoms with E-state index in [4.69, 9.17) is 4.74 Å². The molecule has 1 N–H and O–H groups in total. The van der Waals surface area contributed by atoms with Gasteiger partial charge < -0.3 is 10.1 Å². The summed E-state index contributed by atoms with van der Waals surface area (Å²) >= 11 is 0. The van der Waals surface area contributed by atoms with Crippen molar-refractivity contribution in [2.45, 2.75) is 32.1 Å². The number of ether oxygens (including phenoxy) is 1. The third-order valence-corrected chi connectivity index (χ3v) is 3.00. The van der Waals surface area contributed by atoms with Crippen LogP contribution in [-0.4, -0.2) is 25.8 Å². The molecule has 0 radical (unpaired) electrons. The Morgan fingerprint density at radius 2 is 1.68 bits per heavy atom. The predicted molar refractivity (Wildman–Crippen MR) is 74.5 cm³/mol. The van der Waals surface area contributed by atoms with Gasteiger partial charge in [-0.1, -0.05) is 6.42 Å². The molecule has 4 nitrogen and oxygen atoms in total. The minimum atomic E-state index is 0.0569. The van der Waals surface area contributed by atoms with E-state index in [0.717, 1.165) is 25.0 Å². The number of rotatable bonds is 8. The molecule has 1 aromatic carbocycles. The fourth-order valence-electron chi connectivity index (χ4n) is 1.79. The molecule has 1 amide bonds. The van der Waals surface area contributed by atoms with Crippen molar-refractivity contribution in [3.63, 3.8) is 0 Å². The molecule has 0 aliphatic rings. The number of methoxy groups -OCH3 is 1. The molecule has 19 heavy (non-hydrogen) atoms. The third kappa shape index (κ3) is 5.55. The Morgan fingerprint density at radius 3 is 2.26 bits per heavy atom. The van der Waals surface area contributed by atoms with Crippen molar-refractivity contribution in [3.8, 4) is 5.75 Å². The van der Waals surface area contributed by atoms with E-state index in [-0.39, 0.29) is 11.7 Å². The smallest absolute Gasteiger partial charge is 0.219 e. The molecule has 1 rings (SSSR count). The van der Waals surface area contributed by atoms with E-state index < -0.39 is 0 Å². The monoisotopic (exact) mass is 263 g/mol.